The lowest BCUT2D eigenvalue weighted by Gasteiger charge is -2.48. The molecule has 3 aromatic rings. The van der Waals surface area contributed by atoms with Gasteiger partial charge in [-0.1, -0.05) is 78.9 Å². The summed E-state index contributed by atoms with van der Waals surface area (Å²) in [5.41, 5.74) is 2.82. The van der Waals surface area contributed by atoms with Crippen LogP contribution < -0.4 is 5.32 Å². The van der Waals surface area contributed by atoms with Gasteiger partial charge in [-0.2, -0.15) is 0 Å². The SMILES string of the molecule is OC1C(Nc2ccccc2)C(OCc2ccccc2)OC2COC(c3ccccc3)OC21. The number of aliphatic hydroxyl groups is 1. The summed E-state index contributed by atoms with van der Waals surface area (Å²) in [7, 11) is 0. The molecule has 6 unspecified atom stereocenters. The second kappa shape index (κ2) is 9.81. The summed E-state index contributed by atoms with van der Waals surface area (Å²) in [4.78, 5) is 0. The lowest BCUT2D eigenvalue weighted by atomic mass is 9.95. The van der Waals surface area contributed by atoms with E-state index >= 15 is 0 Å². The fourth-order valence-electron chi connectivity index (χ4n) is 4.15. The molecule has 0 spiro atoms. The molecule has 3 aromatic carbocycles. The van der Waals surface area contributed by atoms with Crippen molar-refractivity contribution < 1.29 is 24.1 Å². The Hall–Kier alpha value is -2.74. The molecule has 6 atom stereocenters. The Morgan fingerprint density at radius 2 is 1.50 bits per heavy atom. The fraction of sp³-hybridized carbons (Fsp3) is 0.308. The van der Waals surface area contributed by atoms with Crippen molar-refractivity contribution in [3.05, 3.63) is 102 Å². The summed E-state index contributed by atoms with van der Waals surface area (Å²) < 4.78 is 24.5. The standard InChI is InChI=1S/C26H27NO5/c28-23-22(27-20-14-8-3-9-15-20)26(29-16-18-10-4-1-5-11-18)31-21-17-30-25(32-24(21)23)19-12-6-2-7-13-19/h1-15,21-28H,16-17H2. The van der Waals surface area contributed by atoms with Gasteiger partial charge >= 0.3 is 0 Å². The Labute approximate surface area is 187 Å². The first-order chi connectivity index (χ1) is 15.8. The van der Waals surface area contributed by atoms with Crippen LogP contribution in [0, 0.1) is 0 Å². The van der Waals surface area contributed by atoms with Gasteiger partial charge in [0.25, 0.3) is 0 Å². The highest BCUT2D eigenvalue weighted by atomic mass is 16.7. The number of nitrogens with one attached hydrogen (secondary N) is 1. The van der Waals surface area contributed by atoms with Gasteiger partial charge in [-0.15, -0.1) is 0 Å². The van der Waals surface area contributed by atoms with Gasteiger partial charge in [0, 0.05) is 11.3 Å². The molecule has 6 nitrogen and oxygen atoms in total. The smallest absolute Gasteiger partial charge is 0.184 e. The van der Waals surface area contributed by atoms with E-state index in [1.54, 1.807) is 0 Å². The summed E-state index contributed by atoms with van der Waals surface area (Å²) in [5, 5.41) is 14.7. The first-order valence-electron chi connectivity index (χ1n) is 10.9. The van der Waals surface area contributed by atoms with E-state index in [9.17, 15) is 5.11 Å². The van der Waals surface area contributed by atoms with E-state index in [1.807, 2.05) is 91.0 Å². The zero-order chi connectivity index (χ0) is 21.8. The predicted octanol–water partition coefficient (Wildman–Crippen LogP) is 3.88. The summed E-state index contributed by atoms with van der Waals surface area (Å²) in [6.07, 6.45) is -3.06. The van der Waals surface area contributed by atoms with E-state index in [0.717, 1.165) is 16.8 Å². The van der Waals surface area contributed by atoms with Crippen molar-refractivity contribution in [1.29, 1.82) is 0 Å². The monoisotopic (exact) mass is 433 g/mol. The Balaban J connectivity index is 1.35. The molecule has 5 rings (SSSR count). The minimum atomic E-state index is -0.857. The average Bonchev–Trinajstić information content (AvgIpc) is 2.86. The lowest BCUT2D eigenvalue weighted by Crippen LogP contribution is -2.64. The van der Waals surface area contributed by atoms with Crippen molar-refractivity contribution in [3.63, 3.8) is 0 Å². The van der Waals surface area contributed by atoms with Crippen LogP contribution in [0.4, 0.5) is 5.69 Å². The van der Waals surface area contributed by atoms with E-state index in [1.165, 1.54) is 0 Å². The van der Waals surface area contributed by atoms with Crippen LogP contribution in [-0.2, 0) is 25.6 Å². The number of para-hydroxylation sites is 1. The van der Waals surface area contributed by atoms with Crippen LogP contribution in [0.25, 0.3) is 0 Å². The normalized spacial score (nSPS) is 29.8. The molecule has 0 radical (unpaired) electrons. The molecule has 0 aliphatic carbocycles. The number of hydrogen-bond donors (Lipinski definition) is 2. The van der Waals surface area contributed by atoms with Crippen LogP contribution in [-0.4, -0.2) is 42.4 Å². The number of fused-ring (bicyclic) bond motifs is 1. The number of benzene rings is 3. The minimum absolute atomic E-state index is 0.310. The zero-order valence-corrected chi connectivity index (χ0v) is 17.6. The van der Waals surface area contributed by atoms with Crippen LogP contribution in [0.15, 0.2) is 91.0 Å². The van der Waals surface area contributed by atoms with Crippen LogP contribution in [0.2, 0.25) is 0 Å². The summed E-state index contributed by atoms with van der Waals surface area (Å²) in [6.45, 7) is 0.682. The second-order valence-electron chi connectivity index (χ2n) is 8.04. The van der Waals surface area contributed by atoms with E-state index < -0.39 is 36.9 Å². The second-order valence-corrected chi connectivity index (χ2v) is 8.04. The molecule has 0 saturated carbocycles. The number of hydrogen-bond acceptors (Lipinski definition) is 6. The highest BCUT2D eigenvalue weighted by Crippen LogP contribution is 2.35. The molecule has 0 bridgehead atoms. The zero-order valence-electron chi connectivity index (χ0n) is 17.6. The molecule has 0 amide bonds. The lowest BCUT2D eigenvalue weighted by molar-refractivity contribution is -0.341. The summed E-state index contributed by atoms with van der Waals surface area (Å²) >= 11 is 0. The first kappa shape index (κ1) is 21.1. The van der Waals surface area contributed by atoms with Crippen molar-refractivity contribution in [2.45, 2.75) is 43.5 Å². The Bertz CT molecular complexity index is 971. The molecule has 2 saturated heterocycles. The molecule has 6 heteroatoms. The van der Waals surface area contributed by atoms with Crippen molar-refractivity contribution in [3.8, 4) is 0 Å². The molecule has 2 aliphatic heterocycles. The van der Waals surface area contributed by atoms with Gasteiger partial charge in [-0.05, 0) is 17.7 Å². The minimum Gasteiger partial charge on any atom is -0.388 e. The average molecular weight is 434 g/mol. The summed E-state index contributed by atoms with van der Waals surface area (Å²) in [6, 6.07) is 28.8. The van der Waals surface area contributed by atoms with Crippen molar-refractivity contribution in [1.82, 2.24) is 0 Å². The number of rotatable bonds is 6. The third-order valence-electron chi connectivity index (χ3n) is 5.80. The van der Waals surface area contributed by atoms with Crippen molar-refractivity contribution in [2.24, 2.45) is 0 Å². The van der Waals surface area contributed by atoms with Gasteiger partial charge in [-0.25, -0.2) is 0 Å². The van der Waals surface area contributed by atoms with Gasteiger partial charge < -0.3 is 29.4 Å². The number of ether oxygens (including phenoxy) is 4. The molecule has 2 fully saturated rings. The van der Waals surface area contributed by atoms with E-state index in [-0.39, 0.29) is 0 Å². The highest BCUT2D eigenvalue weighted by molar-refractivity contribution is 5.44. The topological polar surface area (TPSA) is 69.2 Å². The summed E-state index contributed by atoms with van der Waals surface area (Å²) in [5.74, 6) is 0. The van der Waals surface area contributed by atoms with Crippen LogP contribution in [0.5, 0.6) is 0 Å². The molecule has 0 aromatic heterocycles. The van der Waals surface area contributed by atoms with Crippen molar-refractivity contribution in [2.75, 3.05) is 11.9 Å². The van der Waals surface area contributed by atoms with Gasteiger partial charge in [0.05, 0.1) is 13.2 Å². The molecule has 2 N–H and O–H groups in total. The molecular weight excluding hydrogens is 406 g/mol. The first-order valence-corrected chi connectivity index (χ1v) is 10.9. The third-order valence-corrected chi connectivity index (χ3v) is 5.80. The highest BCUT2D eigenvalue weighted by Gasteiger charge is 2.49. The van der Waals surface area contributed by atoms with Gasteiger partial charge in [0.1, 0.15) is 24.4 Å². The molecule has 2 heterocycles. The maximum Gasteiger partial charge on any atom is 0.184 e. The Morgan fingerprint density at radius 3 is 2.22 bits per heavy atom. The maximum atomic E-state index is 11.4. The third kappa shape index (κ3) is 4.70. The molecule has 32 heavy (non-hydrogen) atoms. The quantitative estimate of drug-likeness (QED) is 0.615. The molecule has 2 aliphatic rings. The largest absolute Gasteiger partial charge is 0.388 e. The van der Waals surface area contributed by atoms with E-state index in [0.29, 0.717) is 13.2 Å². The predicted molar refractivity (Wildman–Crippen MR) is 120 cm³/mol. The number of anilines is 1. The number of aliphatic hydroxyl groups excluding tert-OH is 1. The van der Waals surface area contributed by atoms with Gasteiger partial charge in [0.2, 0.25) is 0 Å². The van der Waals surface area contributed by atoms with Crippen molar-refractivity contribution >= 4 is 5.69 Å². The molecule has 166 valence electrons. The van der Waals surface area contributed by atoms with E-state index in [2.05, 4.69) is 5.32 Å². The molecular formula is C26H27NO5. The van der Waals surface area contributed by atoms with Crippen LogP contribution >= 0.6 is 0 Å². The fourth-order valence-corrected chi connectivity index (χ4v) is 4.15. The van der Waals surface area contributed by atoms with Crippen LogP contribution in [0.1, 0.15) is 17.4 Å². The van der Waals surface area contributed by atoms with Gasteiger partial charge in [0.15, 0.2) is 12.6 Å². The van der Waals surface area contributed by atoms with Gasteiger partial charge in [-0.3, -0.25) is 0 Å². The van der Waals surface area contributed by atoms with Crippen LogP contribution in [0.3, 0.4) is 0 Å². The maximum absolute atomic E-state index is 11.4. The van der Waals surface area contributed by atoms with E-state index in [4.69, 9.17) is 18.9 Å². The Kier molecular flexibility index (Phi) is 6.48. The Morgan fingerprint density at radius 1 is 0.844 bits per heavy atom.